The van der Waals surface area contributed by atoms with Crippen molar-refractivity contribution in [2.45, 2.75) is 69.8 Å². The zero-order valence-electron chi connectivity index (χ0n) is 14.5. The topological polar surface area (TPSA) is 77.4 Å². The maximum absolute atomic E-state index is 10.8. The van der Waals surface area contributed by atoms with E-state index in [1.807, 2.05) is 30.3 Å². The molecule has 2 fully saturated rings. The molecular formula is C18H26O6. The molecule has 6 heteroatoms. The Morgan fingerprint density at radius 3 is 2.12 bits per heavy atom. The molecule has 3 rings (SSSR count). The molecule has 0 bridgehead atoms. The average molecular weight is 338 g/mol. The minimum Gasteiger partial charge on any atom is -0.387 e. The zero-order chi connectivity index (χ0) is 17.5. The highest BCUT2D eigenvalue weighted by molar-refractivity contribution is 5.19. The minimum absolute atomic E-state index is 0.266. The van der Waals surface area contributed by atoms with Crippen LogP contribution >= 0.6 is 0 Å². The third kappa shape index (κ3) is 3.64. The van der Waals surface area contributed by atoms with E-state index in [1.165, 1.54) is 0 Å². The highest BCUT2D eigenvalue weighted by Crippen LogP contribution is 2.39. The summed E-state index contributed by atoms with van der Waals surface area (Å²) in [5, 5.41) is 21.5. The van der Waals surface area contributed by atoms with Crippen LogP contribution in [-0.4, -0.2) is 52.8 Å². The van der Waals surface area contributed by atoms with Gasteiger partial charge in [0.2, 0.25) is 0 Å². The average Bonchev–Trinajstić information content (AvgIpc) is 3.05. The summed E-state index contributed by atoms with van der Waals surface area (Å²) in [5.41, 5.74) is 0.713. The third-order valence-corrected chi connectivity index (χ3v) is 4.36. The van der Waals surface area contributed by atoms with Gasteiger partial charge >= 0.3 is 0 Å². The molecule has 5 atom stereocenters. The van der Waals surface area contributed by atoms with Crippen LogP contribution in [-0.2, 0) is 18.9 Å². The number of benzene rings is 1. The molecular weight excluding hydrogens is 312 g/mol. The molecule has 134 valence electrons. The Hall–Kier alpha value is -1.02. The molecule has 0 spiro atoms. The quantitative estimate of drug-likeness (QED) is 0.871. The lowest BCUT2D eigenvalue weighted by atomic mass is 9.95. The maximum atomic E-state index is 10.8. The van der Waals surface area contributed by atoms with Crippen LogP contribution in [0.1, 0.15) is 39.4 Å². The van der Waals surface area contributed by atoms with Crippen molar-refractivity contribution in [1.29, 1.82) is 0 Å². The van der Waals surface area contributed by atoms with E-state index >= 15 is 0 Å². The molecule has 0 aromatic heterocycles. The van der Waals surface area contributed by atoms with Crippen LogP contribution in [0.25, 0.3) is 0 Å². The SMILES string of the molecule is CC1(C)O[C@@H]([C@H](O)[C@H]2COC(C)(C)O2)[C@@H]([C@H](O)c2ccccc2)O1. The molecule has 2 heterocycles. The molecule has 2 saturated heterocycles. The first-order chi connectivity index (χ1) is 11.2. The van der Waals surface area contributed by atoms with Gasteiger partial charge in [0.15, 0.2) is 11.6 Å². The van der Waals surface area contributed by atoms with Crippen molar-refractivity contribution < 1.29 is 29.2 Å². The summed E-state index contributed by atoms with van der Waals surface area (Å²) in [6.07, 6.45) is -3.85. The van der Waals surface area contributed by atoms with Crippen LogP contribution in [0.4, 0.5) is 0 Å². The molecule has 0 aliphatic carbocycles. The molecule has 24 heavy (non-hydrogen) atoms. The molecule has 0 unspecified atom stereocenters. The Morgan fingerprint density at radius 2 is 1.54 bits per heavy atom. The molecule has 0 amide bonds. The normalized spacial score (nSPS) is 34.2. The molecule has 6 nitrogen and oxygen atoms in total. The van der Waals surface area contributed by atoms with E-state index in [4.69, 9.17) is 18.9 Å². The highest BCUT2D eigenvalue weighted by atomic mass is 16.8. The van der Waals surface area contributed by atoms with Gasteiger partial charge in [0.1, 0.15) is 30.5 Å². The summed E-state index contributed by atoms with van der Waals surface area (Å²) in [4.78, 5) is 0. The van der Waals surface area contributed by atoms with Gasteiger partial charge in [-0.2, -0.15) is 0 Å². The third-order valence-electron chi connectivity index (χ3n) is 4.36. The Morgan fingerprint density at radius 1 is 0.917 bits per heavy atom. The lowest BCUT2D eigenvalue weighted by molar-refractivity contribution is -0.179. The number of ether oxygens (including phenoxy) is 4. The van der Waals surface area contributed by atoms with Gasteiger partial charge in [-0.15, -0.1) is 0 Å². The predicted octanol–water partition coefficient (Wildman–Crippen LogP) is 1.75. The van der Waals surface area contributed by atoms with Crippen LogP contribution in [0.2, 0.25) is 0 Å². The Bertz CT molecular complexity index is 558. The van der Waals surface area contributed by atoms with Crippen molar-refractivity contribution in [3.05, 3.63) is 35.9 Å². The summed E-state index contributed by atoms with van der Waals surface area (Å²) >= 11 is 0. The Balaban J connectivity index is 1.79. The summed E-state index contributed by atoms with van der Waals surface area (Å²) in [6, 6.07) is 9.22. The van der Waals surface area contributed by atoms with Gasteiger partial charge in [0.05, 0.1) is 6.61 Å². The van der Waals surface area contributed by atoms with Gasteiger partial charge in [-0.1, -0.05) is 30.3 Å². The number of rotatable bonds is 4. The summed E-state index contributed by atoms with van der Waals surface area (Å²) in [6.45, 7) is 7.39. The fourth-order valence-corrected chi connectivity index (χ4v) is 3.26. The molecule has 2 N–H and O–H groups in total. The van der Waals surface area contributed by atoms with Crippen LogP contribution in [0.3, 0.4) is 0 Å². The van der Waals surface area contributed by atoms with E-state index in [2.05, 4.69) is 0 Å². The molecule has 0 radical (unpaired) electrons. The number of hydrogen-bond donors (Lipinski definition) is 2. The van der Waals surface area contributed by atoms with Crippen molar-refractivity contribution in [3.8, 4) is 0 Å². The number of aliphatic hydroxyl groups is 2. The number of aliphatic hydroxyl groups excluding tert-OH is 2. The van der Waals surface area contributed by atoms with Crippen LogP contribution < -0.4 is 0 Å². The standard InChI is InChI=1S/C18H26O6/c1-17(2)21-10-12(22-17)14(20)16-15(23-18(3,4)24-16)13(19)11-8-6-5-7-9-11/h5-9,12-16,19-20H,10H2,1-4H3/t12-,13-,14-,15-,16+/m1/s1. The summed E-state index contributed by atoms with van der Waals surface area (Å²) < 4.78 is 23.0. The van der Waals surface area contributed by atoms with Crippen LogP contribution in [0.15, 0.2) is 30.3 Å². The first-order valence-corrected chi connectivity index (χ1v) is 8.27. The van der Waals surface area contributed by atoms with Gasteiger partial charge in [-0.3, -0.25) is 0 Å². The highest BCUT2D eigenvalue weighted by Gasteiger charge is 2.52. The van der Waals surface area contributed by atoms with Crippen molar-refractivity contribution in [3.63, 3.8) is 0 Å². The summed E-state index contributed by atoms with van der Waals surface area (Å²) in [7, 11) is 0. The van der Waals surface area contributed by atoms with E-state index in [0.717, 1.165) is 0 Å². The van der Waals surface area contributed by atoms with E-state index in [1.54, 1.807) is 27.7 Å². The maximum Gasteiger partial charge on any atom is 0.164 e. The second-order valence-corrected chi connectivity index (χ2v) is 7.28. The Labute approximate surface area is 142 Å². The van der Waals surface area contributed by atoms with Crippen LogP contribution in [0.5, 0.6) is 0 Å². The largest absolute Gasteiger partial charge is 0.387 e. The fraction of sp³-hybridized carbons (Fsp3) is 0.667. The second-order valence-electron chi connectivity index (χ2n) is 7.28. The first-order valence-electron chi connectivity index (χ1n) is 8.27. The van der Waals surface area contributed by atoms with Crippen LogP contribution in [0, 0.1) is 0 Å². The van der Waals surface area contributed by atoms with Crippen molar-refractivity contribution in [2.24, 2.45) is 0 Å². The molecule has 2 aliphatic heterocycles. The fourth-order valence-electron chi connectivity index (χ4n) is 3.26. The number of hydrogen-bond acceptors (Lipinski definition) is 6. The molecule has 0 saturated carbocycles. The predicted molar refractivity (Wildman–Crippen MR) is 86.1 cm³/mol. The van der Waals surface area contributed by atoms with E-state index in [9.17, 15) is 10.2 Å². The van der Waals surface area contributed by atoms with Crippen molar-refractivity contribution in [1.82, 2.24) is 0 Å². The zero-order valence-corrected chi connectivity index (χ0v) is 14.5. The van der Waals surface area contributed by atoms with Gasteiger partial charge in [0.25, 0.3) is 0 Å². The molecule has 2 aliphatic rings. The smallest absolute Gasteiger partial charge is 0.164 e. The van der Waals surface area contributed by atoms with E-state index in [0.29, 0.717) is 5.56 Å². The van der Waals surface area contributed by atoms with Gasteiger partial charge in [0, 0.05) is 0 Å². The second kappa shape index (κ2) is 6.37. The monoisotopic (exact) mass is 338 g/mol. The van der Waals surface area contributed by atoms with Gasteiger partial charge in [-0.05, 0) is 33.3 Å². The lowest BCUT2D eigenvalue weighted by Crippen LogP contribution is -2.46. The Kier molecular flexibility index (Phi) is 4.72. The van der Waals surface area contributed by atoms with E-state index < -0.39 is 42.1 Å². The minimum atomic E-state index is -0.975. The van der Waals surface area contributed by atoms with Gasteiger partial charge in [-0.25, -0.2) is 0 Å². The van der Waals surface area contributed by atoms with Crippen molar-refractivity contribution in [2.75, 3.05) is 6.61 Å². The molecule has 1 aromatic rings. The summed E-state index contributed by atoms with van der Waals surface area (Å²) in [5.74, 6) is -1.64. The molecule has 1 aromatic carbocycles. The van der Waals surface area contributed by atoms with Crippen molar-refractivity contribution >= 4 is 0 Å². The first kappa shape index (κ1) is 17.8. The lowest BCUT2D eigenvalue weighted by Gasteiger charge is -2.29. The van der Waals surface area contributed by atoms with Gasteiger partial charge < -0.3 is 29.2 Å². The van der Waals surface area contributed by atoms with E-state index in [-0.39, 0.29) is 6.61 Å².